The molecule has 0 aliphatic carbocycles. The van der Waals surface area contributed by atoms with Crippen LogP contribution in [0.25, 0.3) is 0 Å². The molecule has 0 bridgehead atoms. The fraction of sp³-hybridized carbons (Fsp3) is 0.389. The maximum Gasteiger partial charge on any atom is 1.00 e. The fourth-order valence-corrected chi connectivity index (χ4v) is 3.94. The minimum Gasteiger partial charge on any atom is -0.808 e. The molecular formula is C18H20N3Na2O11P. The van der Waals surface area contributed by atoms with Crippen LogP contribution in [0.1, 0.15) is 17.6 Å². The number of amides is 1. The third-order valence-corrected chi connectivity index (χ3v) is 5.77. The molecule has 1 unspecified atom stereocenters. The van der Waals surface area contributed by atoms with E-state index in [1.165, 1.54) is 31.4 Å². The molecule has 1 saturated heterocycles. The predicted molar refractivity (Wildman–Crippen MR) is 105 cm³/mol. The number of rotatable bonds is 7. The van der Waals surface area contributed by atoms with E-state index in [9.17, 15) is 38.9 Å². The minimum absolute atomic E-state index is 0. The molecule has 4 N–H and O–H groups in total. The Balaban J connectivity index is 0.00000306. The van der Waals surface area contributed by atoms with Crippen molar-refractivity contribution in [3.8, 4) is 5.75 Å². The smallest absolute Gasteiger partial charge is 0.808 e. The summed E-state index contributed by atoms with van der Waals surface area (Å²) in [6.07, 6.45) is -6.02. The SMILES string of the molecule is COc1cccc(C(OC(=O)NC[C@H]2O[C@@H](n3ccc(=O)[nH]c3=O)[C@H](O)[C@@H]2O)P(=O)([O-])[O-])c1.[Na+].[Na+]. The van der Waals surface area contributed by atoms with Crippen LogP contribution >= 0.6 is 7.60 Å². The van der Waals surface area contributed by atoms with Gasteiger partial charge in [-0.05, 0) is 19.7 Å². The second kappa shape index (κ2) is 13.5. The van der Waals surface area contributed by atoms with Gasteiger partial charge in [-0.2, -0.15) is 0 Å². The summed E-state index contributed by atoms with van der Waals surface area (Å²) in [5.74, 6) is -1.92. The Morgan fingerprint density at radius 1 is 1.26 bits per heavy atom. The van der Waals surface area contributed by atoms with Crippen LogP contribution in [0.3, 0.4) is 0 Å². The normalized spacial score (nSPS) is 22.3. The number of alkyl carbamates (subject to hydrolysis) is 1. The van der Waals surface area contributed by atoms with Gasteiger partial charge in [-0.3, -0.25) is 14.3 Å². The molecule has 2 aromatic rings. The summed E-state index contributed by atoms with van der Waals surface area (Å²) < 4.78 is 27.6. The van der Waals surface area contributed by atoms with E-state index in [2.05, 4.69) is 5.32 Å². The van der Waals surface area contributed by atoms with Crippen LogP contribution in [0.15, 0.2) is 46.1 Å². The number of nitrogens with zero attached hydrogens (tertiary/aromatic N) is 1. The molecule has 2 heterocycles. The minimum atomic E-state index is -5.44. The van der Waals surface area contributed by atoms with Gasteiger partial charge in [0.15, 0.2) is 12.1 Å². The van der Waals surface area contributed by atoms with E-state index in [0.717, 1.165) is 16.8 Å². The Morgan fingerprint density at radius 3 is 2.54 bits per heavy atom. The maximum atomic E-state index is 12.2. The summed E-state index contributed by atoms with van der Waals surface area (Å²) in [7, 11) is -4.11. The largest absolute Gasteiger partial charge is 1.00 e. The van der Waals surface area contributed by atoms with E-state index in [1.54, 1.807) is 0 Å². The van der Waals surface area contributed by atoms with Crippen molar-refractivity contribution < 1.29 is 103 Å². The summed E-state index contributed by atoms with van der Waals surface area (Å²) in [6.45, 7) is -0.474. The molecule has 5 atom stereocenters. The number of ether oxygens (including phenoxy) is 3. The number of aliphatic hydroxyl groups excluding tert-OH is 2. The summed E-state index contributed by atoms with van der Waals surface area (Å²) in [5, 5.41) is 22.5. The monoisotopic (exact) mass is 531 g/mol. The third-order valence-electron chi connectivity index (χ3n) is 4.79. The zero-order valence-electron chi connectivity index (χ0n) is 19.0. The van der Waals surface area contributed by atoms with Crippen LogP contribution in [-0.4, -0.2) is 57.8 Å². The number of benzene rings is 1. The van der Waals surface area contributed by atoms with E-state index in [1.807, 2.05) is 4.98 Å². The van der Waals surface area contributed by atoms with E-state index in [-0.39, 0.29) is 70.4 Å². The van der Waals surface area contributed by atoms with Crippen LogP contribution < -0.4 is 90.2 Å². The molecule has 1 aromatic heterocycles. The molecule has 0 saturated carbocycles. The van der Waals surface area contributed by atoms with Crippen LogP contribution in [-0.2, 0) is 14.0 Å². The van der Waals surface area contributed by atoms with Crippen molar-refractivity contribution in [1.29, 1.82) is 0 Å². The summed E-state index contributed by atoms with van der Waals surface area (Å²) in [4.78, 5) is 60.5. The summed E-state index contributed by atoms with van der Waals surface area (Å²) in [6, 6.07) is 6.38. The van der Waals surface area contributed by atoms with Crippen molar-refractivity contribution in [3.05, 3.63) is 62.9 Å². The first-order chi connectivity index (χ1) is 15.5. The molecule has 17 heteroatoms. The molecular weight excluding hydrogens is 511 g/mol. The van der Waals surface area contributed by atoms with Gasteiger partial charge in [0.25, 0.3) is 5.56 Å². The van der Waals surface area contributed by atoms with Gasteiger partial charge in [-0.1, -0.05) is 12.1 Å². The van der Waals surface area contributed by atoms with E-state index in [0.29, 0.717) is 0 Å². The number of aromatic amines is 1. The Hall–Kier alpha value is -1.00. The number of hydrogen-bond acceptors (Lipinski definition) is 11. The number of hydrogen-bond donors (Lipinski definition) is 4. The van der Waals surface area contributed by atoms with Gasteiger partial charge in [0.05, 0.1) is 7.11 Å². The molecule has 1 amide bonds. The van der Waals surface area contributed by atoms with Crippen molar-refractivity contribution in [2.75, 3.05) is 13.7 Å². The molecule has 3 rings (SSSR count). The van der Waals surface area contributed by atoms with E-state index >= 15 is 0 Å². The molecule has 0 radical (unpaired) electrons. The molecule has 1 fully saturated rings. The average Bonchev–Trinajstić information content (AvgIpc) is 3.03. The Bertz CT molecular complexity index is 1170. The van der Waals surface area contributed by atoms with E-state index in [4.69, 9.17) is 14.2 Å². The molecule has 1 aromatic carbocycles. The van der Waals surface area contributed by atoms with Gasteiger partial charge in [-0.25, -0.2) is 9.59 Å². The fourth-order valence-electron chi connectivity index (χ4n) is 3.19. The first kappa shape index (κ1) is 32.0. The Labute approximate surface area is 242 Å². The Kier molecular flexibility index (Phi) is 12.4. The number of carbonyl (C=O) groups is 1. The second-order valence-corrected chi connectivity index (χ2v) is 8.57. The standard InChI is InChI=1S/C18H22N3O11P.2Na/c1-30-10-4-2-3-9(7-10)16(33(27,28)29)32-18(26)19-8-11-13(23)14(24)15(31-11)21-6-5-12(22)20-17(21)25;;/h2-7,11,13-16,23-24H,8H2,1H3,(H,19,26)(H,20,22,25)(H2,27,28,29);;/q;2*+1/p-2/t11-,13-,14-,15-,16?;;/m1../s1. The van der Waals surface area contributed by atoms with Crippen molar-refractivity contribution in [3.63, 3.8) is 0 Å². The molecule has 35 heavy (non-hydrogen) atoms. The number of methoxy groups -OCH3 is 1. The molecule has 0 spiro atoms. The summed E-state index contributed by atoms with van der Waals surface area (Å²) >= 11 is 0. The van der Waals surface area contributed by atoms with Crippen molar-refractivity contribution in [2.24, 2.45) is 0 Å². The molecule has 1 aliphatic heterocycles. The zero-order valence-corrected chi connectivity index (χ0v) is 23.9. The number of H-pyrrole nitrogens is 1. The number of aromatic nitrogens is 2. The van der Waals surface area contributed by atoms with Crippen LogP contribution in [0.4, 0.5) is 4.79 Å². The van der Waals surface area contributed by atoms with Gasteiger partial charge in [0.2, 0.25) is 0 Å². The topological polar surface area (TPSA) is 215 Å². The quantitative estimate of drug-likeness (QED) is 0.194. The first-order valence-corrected chi connectivity index (χ1v) is 11.1. The van der Waals surface area contributed by atoms with Crippen molar-refractivity contribution >= 4 is 13.7 Å². The van der Waals surface area contributed by atoms with Gasteiger partial charge >= 0.3 is 70.9 Å². The predicted octanol–water partition coefficient (Wildman–Crippen LogP) is -8.49. The van der Waals surface area contributed by atoms with Gasteiger partial charge < -0.3 is 44.1 Å². The van der Waals surface area contributed by atoms with Gasteiger partial charge in [0.1, 0.15) is 24.1 Å². The van der Waals surface area contributed by atoms with E-state index < -0.39 is 61.9 Å². The Morgan fingerprint density at radius 2 is 1.94 bits per heavy atom. The molecule has 180 valence electrons. The van der Waals surface area contributed by atoms with Crippen LogP contribution in [0, 0.1) is 0 Å². The van der Waals surface area contributed by atoms with Crippen molar-refractivity contribution in [2.45, 2.75) is 30.4 Å². The summed E-state index contributed by atoms with van der Waals surface area (Å²) in [5.41, 5.74) is -1.71. The van der Waals surface area contributed by atoms with Crippen LogP contribution in [0.2, 0.25) is 0 Å². The second-order valence-electron chi connectivity index (χ2n) is 7.02. The number of carbonyl (C=O) groups excluding carboxylic acids is 1. The molecule has 1 aliphatic rings. The number of nitrogens with one attached hydrogen (secondary N) is 2. The maximum absolute atomic E-state index is 12.2. The van der Waals surface area contributed by atoms with Gasteiger partial charge in [0, 0.05) is 24.4 Å². The first-order valence-electron chi connectivity index (χ1n) is 9.44. The number of aliphatic hydroxyl groups is 2. The van der Waals surface area contributed by atoms with Crippen molar-refractivity contribution in [1.82, 2.24) is 14.9 Å². The average molecular weight is 531 g/mol. The van der Waals surface area contributed by atoms with Gasteiger partial charge in [-0.15, -0.1) is 0 Å². The zero-order chi connectivity index (χ0) is 24.3. The molecule has 14 nitrogen and oxygen atoms in total. The third kappa shape index (κ3) is 7.99. The van der Waals surface area contributed by atoms with Crippen LogP contribution in [0.5, 0.6) is 5.75 Å².